The standard InChI is InChI=1S/C18H20N2O6S/c1-11(17(22)20(2)13-7-8-27(24,25)10-13)26-18(23)15-9-12-5-3-4-6-14(12)16(21)19-15/h3-6,9,11,13H,7-8,10H2,1-2H3,(H,19,21)/t11-,13+/m1/s1. The van der Waals surface area contributed by atoms with E-state index in [1.807, 2.05) is 0 Å². The van der Waals surface area contributed by atoms with Crippen LogP contribution in [0.15, 0.2) is 35.1 Å². The number of aromatic nitrogens is 1. The second kappa shape index (κ2) is 7.15. The number of H-pyrrole nitrogens is 1. The normalized spacial score (nSPS) is 19.6. The number of pyridine rings is 1. The molecule has 0 aliphatic carbocycles. The molecular formula is C18H20N2O6S. The summed E-state index contributed by atoms with van der Waals surface area (Å²) in [6.07, 6.45) is -0.746. The molecule has 2 aromatic rings. The van der Waals surface area contributed by atoms with Crippen molar-refractivity contribution in [2.24, 2.45) is 0 Å². The lowest BCUT2D eigenvalue weighted by molar-refractivity contribution is -0.140. The monoisotopic (exact) mass is 392 g/mol. The molecular weight excluding hydrogens is 372 g/mol. The smallest absolute Gasteiger partial charge is 0.355 e. The fourth-order valence-corrected chi connectivity index (χ4v) is 4.92. The van der Waals surface area contributed by atoms with Crippen LogP contribution in [0.3, 0.4) is 0 Å². The Bertz CT molecular complexity index is 1060. The van der Waals surface area contributed by atoms with Crippen LogP contribution < -0.4 is 5.56 Å². The van der Waals surface area contributed by atoms with Crippen molar-refractivity contribution in [3.8, 4) is 0 Å². The summed E-state index contributed by atoms with van der Waals surface area (Å²) >= 11 is 0. The maximum absolute atomic E-state index is 12.5. The molecule has 1 aromatic heterocycles. The molecule has 1 saturated heterocycles. The third kappa shape index (κ3) is 4.02. The van der Waals surface area contributed by atoms with Gasteiger partial charge in [-0.05, 0) is 30.9 Å². The molecule has 3 rings (SSSR count). The van der Waals surface area contributed by atoms with Gasteiger partial charge < -0.3 is 14.6 Å². The van der Waals surface area contributed by atoms with Gasteiger partial charge in [0, 0.05) is 18.5 Å². The summed E-state index contributed by atoms with van der Waals surface area (Å²) < 4.78 is 28.4. The number of rotatable bonds is 4. The van der Waals surface area contributed by atoms with Gasteiger partial charge in [0.1, 0.15) is 5.69 Å². The number of esters is 1. The van der Waals surface area contributed by atoms with Gasteiger partial charge in [-0.2, -0.15) is 0 Å². The number of hydrogen-bond acceptors (Lipinski definition) is 6. The zero-order valence-electron chi connectivity index (χ0n) is 15.0. The molecule has 1 aromatic carbocycles. The Hall–Kier alpha value is -2.68. The highest BCUT2D eigenvalue weighted by Crippen LogP contribution is 2.18. The van der Waals surface area contributed by atoms with E-state index in [1.165, 1.54) is 24.9 Å². The van der Waals surface area contributed by atoms with E-state index >= 15 is 0 Å². The van der Waals surface area contributed by atoms with Gasteiger partial charge in [0.2, 0.25) is 0 Å². The number of benzene rings is 1. The van der Waals surface area contributed by atoms with E-state index in [4.69, 9.17) is 4.74 Å². The Morgan fingerprint density at radius 1 is 1.30 bits per heavy atom. The van der Waals surface area contributed by atoms with Crippen LogP contribution in [0.4, 0.5) is 0 Å². The van der Waals surface area contributed by atoms with E-state index in [9.17, 15) is 22.8 Å². The molecule has 144 valence electrons. The molecule has 0 spiro atoms. The molecule has 0 unspecified atom stereocenters. The number of amides is 1. The van der Waals surface area contributed by atoms with Gasteiger partial charge in [-0.15, -0.1) is 0 Å². The summed E-state index contributed by atoms with van der Waals surface area (Å²) in [5.41, 5.74) is -0.475. The quantitative estimate of drug-likeness (QED) is 0.767. The number of hydrogen-bond donors (Lipinski definition) is 1. The van der Waals surface area contributed by atoms with Crippen molar-refractivity contribution < 1.29 is 22.7 Å². The number of nitrogens with one attached hydrogen (secondary N) is 1. The first-order chi connectivity index (χ1) is 12.7. The number of aromatic amines is 1. The maximum atomic E-state index is 12.5. The van der Waals surface area contributed by atoms with Crippen LogP contribution in [0, 0.1) is 0 Å². The Labute approximate surface area is 156 Å². The Morgan fingerprint density at radius 2 is 2.00 bits per heavy atom. The van der Waals surface area contributed by atoms with Crippen molar-refractivity contribution in [2.75, 3.05) is 18.6 Å². The number of likely N-dealkylation sites (N-methyl/N-ethyl adjacent to an activating group) is 1. The molecule has 0 radical (unpaired) electrons. The Balaban J connectivity index is 1.72. The van der Waals surface area contributed by atoms with Gasteiger partial charge in [0.25, 0.3) is 11.5 Å². The number of carbonyl (C=O) groups excluding carboxylic acids is 2. The third-order valence-electron chi connectivity index (χ3n) is 4.71. The number of fused-ring (bicyclic) bond motifs is 1. The van der Waals surface area contributed by atoms with Crippen LogP contribution in [0.25, 0.3) is 10.8 Å². The second-order valence-corrected chi connectivity index (χ2v) is 8.88. The van der Waals surface area contributed by atoms with Gasteiger partial charge in [-0.1, -0.05) is 18.2 Å². The van der Waals surface area contributed by atoms with E-state index < -0.39 is 39.4 Å². The first kappa shape index (κ1) is 19.1. The maximum Gasteiger partial charge on any atom is 0.355 e. The Kier molecular flexibility index (Phi) is 5.05. The third-order valence-corrected chi connectivity index (χ3v) is 6.46. The zero-order chi connectivity index (χ0) is 19.8. The van der Waals surface area contributed by atoms with Crippen molar-refractivity contribution in [2.45, 2.75) is 25.5 Å². The predicted molar refractivity (Wildman–Crippen MR) is 99.3 cm³/mol. The largest absolute Gasteiger partial charge is 0.448 e. The number of sulfone groups is 1. The molecule has 0 bridgehead atoms. The van der Waals surface area contributed by atoms with E-state index in [0.29, 0.717) is 17.2 Å². The van der Waals surface area contributed by atoms with Gasteiger partial charge in [0.15, 0.2) is 15.9 Å². The average molecular weight is 392 g/mol. The molecule has 1 aliphatic heterocycles. The van der Waals surface area contributed by atoms with Gasteiger partial charge in [-0.3, -0.25) is 9.59 Å². The van der Waals surface area contributed by atoms with E-state index in [2.05, 4.69) is 4.98 Å². The highest BCUT2D eigenvalue weighted by atomic mass is 32.2. The molecule has 2 heterocycles. The first-order valence-corrected chi connectivity index (χ1v) is 10.3. The first-order valence-electron chi connectivity index (χ1n) is 8.48. The van der Waals surface area contributed by atoms with E-state index in [-0.39, 0.29) is 17.2 Å². The highest BCUT2D eigenvalue weighted by Gasteiger charge is 2.35. The molecule has 0 saturated carbocycles. The van der Waals surface area contributed by atoms with Crippen molar-refractivity contribution in [1.82, 2.24) is 9.88 Å². The lowest BCUT2D eigenvalue weighted by Crippen LogP contribution is -2.44. The van der Waals surface area contributed by atoms with Crippen LogP contribution in [-0.2, 0) is 19.4 Å². The lowest BCUT2D eigenvalue weighted by atomic mass is 10.1. The van der Waals surface area contributed by atoms with Crippen LogP contribution in [0.2, 0.25) is 0 Å². The van der Waals surface area contributed by atoms with Crippen molar-refractivity contribution in [1.29, 1.82) is 0 Å². The average Bonchev–Trinajstić information content (AvgIpc) is 3.00. The summed E-state index contributed by atoms with van der Waals surface area (Å²) in [4.78, 5) is 40.7. The van der Waals surface area contributed by atoms with E-state index in [1.54, 1.807) is 24.3 Å². The second-order valence-electron chi connectivity index (χ2n) is 6.65. The van der Waals surface area contributed by atoms with Crippen molar-refractivity contribution in [3.05, 3.63) is 46.4 Å². The summed E-state index contributed by atoms with van der Waals surface area (Å²) in [7, 11) is -1.64. The van der Waals surface area contributed by atoms with Crippen molar-refractivity contribution in [3.63, 3.8) is 0 Å². The number of carbonyl (C=O) groups is 2. The predicted octanol–water partition coefficient (Wildman–Crippen LogP) is 0.719. The zero-order valence-corrected chi connectivity index (χ0v) is 15.8. The van der Waals surface area contributed by atoms with Gasteiger partial charge in [0.05, 0.1) is 11.5 Å². The van der Waals surface area contributed by atoms with Crippen LogP contribution in [0.5, 0.6) is 0 Å². The topological polar surface area (TPSA) is 114 Å². The molecule has 2 atom stereocenters. The van der Waals surface area contributed by atoms with Gasteiger partial charge >= 0.3 is 5.97 Å². The fraction of sp³-hybridized carbons (Fsp3) is 0.389. The fourth-order valence-electron chi connectivity index (χ4n) is 3.14. The molecule has 1 aliphatic rings. The molecule has 1 N–H and O–H groups in total. The van der Waals surface area contributed by atoms with E-state index in [0.717, 1.165) is 0 Å². The summed E-state index contributed by atoms with van der Waals surface area (Å²) in [6.45, 7) is 1.42. The molecule has 1 amide bonds. The SMILES string of the molecule is C[C@@H](OC(=O)c1cc2ccccc2c(=O)[nH]1)C(=O)N(C)[C@H]1CCS(=O)(=O)C1. The van der Waals surface area contributed by atoms with Crippen molar-refractivity contribution >= 4 is 32.5 Å². The molecule has 27 heavy (non-hydrogen) atoms. The van der Waals surface area contributed by atoms with Crippen LogP contribution in [0.1, 0.15) is 23.8 Å². The highest BCUT2D eigenvalue weighted by molar-refractivity contribution is 7.91. The molecule has 9 heteroatoms. The Morgan fingerprint density at radius 3 is 2.67 bits per heavy atom. The number of nitrogens with zero attached hydrogens (tertiary/aromatic N) is 1. The minimum absolute atomic E-state index is 0.0434. The lowest BCUT2D eigenvalue weighted by Gasteiger charge is -2.26. The summed E-state index contributed by atoms with van der Waals surface area (Å²) in [6, 6.07) is 7.86. The van der Waals surface area contributed by atoms with Gasteiger partial charge in [-0.25, -0.2) is 13.2 Å². The summed E-state index contributed by atoms with van der Waals surface area (Å²) in [5, 5.41) is 1.03. The van der Waals surface area contributed by atoms with Crippen LogP contribution in [-0.4, -0.2) is 60.9 Å². The minimum atomic E-state index is -3.13. The minimum Gasteiger partial charge on any atom is -0.448 e. The molecule has 8 nitrogen and oxygen atoms in total. The summed E-state index contributed by atoms with van der Waals surface area (Å²) in [5.74, 6) is -1.37. The molecule has 1 fully saturated rings. The number of ether oxygens (including phenoxy) is 1. The van der Waals surface area contributed by atoms with Crippen LogP contribution >= 0.6 is 0 Å².